The average Bonchev–Trinajstić information content (AvgIpc) is 2.58. The van der Waals surface area contributed by atoms with Crippen LogP contribution in [0.5, 0.6) is 0 Å². The monoisotopic (exact) mass is 176 g/mol. The number of pyridine rings is 1. The highest BCUT2D eigenvalue weighted by atomic mass is 16.3. The Kier molecular flexibility index (Phi) is 2.27. The van der Waals surface area contributed by atoms with Gasteiger partial charge in [0.25, 0.3) is 0 Å². The van der Waals surface area contributed by atoms with E-state index >= 15 is 0 Å². The van der Waals surface area contributed by atoms with Crippen LogP contribution < -0.4 is 5.32 Å². The fraction of sp³-hybridized carbons (Fsp3) is 0.300. The molecule has 0 aliphatic heterocycles. The lowest BCUT2D eigenvalue weighted by Crippen LogP contribution is -2.09. The third-order valence-corrected chi connectivity index (χ3v) is 2.10. The summed E-state index contributed by atoms with van der Waals surface area (Å²) in [5, 5.41) is 4.28. The van der Waals surface area contributed by atoms with Gasteiger partial charge in [0.05, 0.1) is 12.5 Å². The van der Waals surface area contributed by atoms with Gasteiger partial charge in [-0.05, 0) is 31.6 Å². The van der Waals surface area contributed by atoms with Gasteiger partial charge in [-0.3, -0.25) is 4.98 Å². The number of aromatic nitrogens is 1. The first-order valence-electron chi connectivity index (χ1n) is 4.36. The van der Waals surface area contributed by atoms with Gasteiger partial charge in [-0.25, -0.2) is 0 Å². The molecule has 2 aromatic heterocycles. The first-order chi connectivity index (χ1) is 6.42. The van der Waals surface area contributed by atoms with E-state index in [-0.39, 0.29) is 0 Å². The zero-order valence-electron chi connectivity index (χ0n) is 7.58. The lowest BCUT2D eigenvalue weighted by Gasteiger charge is -1.95. The number of rotatable bonds is 3. The van der Waals surface area contributed by atoms with Crippen molar-refractivity contribution in [3.8, 4) is 0 Å². The van der Waals surface area contributed by atoms with Crippen molar-refractivity contribution in [1.82, 2.24) is 10.3 Å². The quantitative estimate of drug-likeness (QED) is 0.771. The van der Waals surface area contributed by atoms with E-state index < -0.39 is 0 Å². The van der Waals surface area contributed by atoms with Crippen molar-refractivity contribution in [2.24, 2.45) is 0 Å². The average molecular weight is 176 g/mol. The van der Waals surface area contributed by atoms with E-state index in [2.05, 4.69) is 10.3 Å². The summed E-state index contributed by atoms with van der Waals surface area (Å²) in [6.45, 7) is 0.969. The normalized spacial score (nSPS) is 10.8. The lowest BCUT2D eigenvalue weighted by atomic mass is 10.1. The maximum absolute atomic E-state index is 5.36. The molecule has 0 fully saturated rings. The summed E-state index contributed by atoms with van der Waals surface area (Å²) in [6, 6.07) is 1.99. The van der Waals surface area contributed by atoms with Gasteiger partial charge < -0.3 is 9.73 Å². The summed E-state index contributed by atoms with van der Waals surface area (Å²) in [4.78, 5) is 4.00. The number of hydrogen-bond donors (Lipinski definition) is 1. The van der Waals surface area contributed by atoms with E-state index in [1.165, 1.54) is 10.9 Å². The molecule has 2 aromatic rings. The molecule has 1 N–H and O–H groups in total. The summed E-state index contributed by atoms with van der Waals surface area (Å²) in [5.74, 6) is 0. The van der Waals surface area contributed by atoms with Crippen LogP contribution in [0.1, 0.15) is 5.56 Å². The van der Waals surface area contributed by atoms with Gasteiger partial charge >= 0.3 is 0 Å². The summed E-state index contributed by atoms with van der Waals surface area (Å²) < 4.78 is 5.36. The number of furan rings is 1. The fourth-order valence-electron chi connectivity index (χ4n) is 1.39. The van der Waals surface area contributed by atoms with Gasteiger partial charge in [0.1, 0.15) is 0 Å². The molecule has 0 aliphatic carbocycles. The largest absolute Gasteiger partial charge is 0.462 e. The molecule has 0 radical (unpaired) electrons. The number of nitrogens with zero attached hydrogens (tertiary/aromatic N) is 1. The lowest BCUT2D eigenvalue weighted by molar-refractivity contribution is 0.607. The summed E-state index contributed by atoms with van der Waals surface area (Å²) in [5.41, 5.74) is 2.11. The number of fused-ring (bicyclic) bond motifs is 1. The predicted molar refractivity (Wildman–Crippen MR) is 51.6 cm³/mol. The zero-order valence-corrected chi connectivity index (χ0v) is 7.58. The Morgan fingerprint density at radius 1 is 1.54 bits per heavy atom. The smallest absolute Gasteiger partial charge is 0.152 e. The Hall–Kier alpha value is -1.35. The zero-order chi connectivity index (χ0) is 9.10. The second kappa shape index (κ2) is 3.58. The minimum atomic E-state index is 0.869. The highest BCUT2D eigenvalue weighted by Crippen LogP contribution is 2.19. The SMILES string of the molecule is CNCCc1coc2cnccc12. The van der Waals surface area contributed by atoms with Gasteiger partial charge in [0.15, 0.2) is 5.58 Å². The van der Waals surface area contributed by atoms with Crippen LogP contribution in [0.4, 0.5) is 0 Å². The van der Waals surface area contributed by atoms with E-state index in [4.69, 9.17) is 4.42 Å². The Labute approximate surface area is 76.8 Å². The molecule has 13 heavy (non-hydrogen) atoms. The highest BCUT2D eigenvalue weighted by molar-refractivity contribution is 5.79. The molecule has 3 heteroatoms. The minimum Gasteiger partial charge on any atom is -0.462 e. The molecule has 68 valence electrons. The third-order valence-electron chi connectivity index (χ3n) is 2.10. The summed E-state index contributed by atoms with van der Waals surface area (Å²) in [7, 11) is 1.95. The maximum Gasteiger partial charge on any atom is 0.152 e. The molecule has 0 aromatic carbocycles. The Morgan fingerprint density at radius 3 is 3.31 bits per heavy atom. The van der Waals surface area contributed by atoms with Gasteiger partial charge in [-0.2, -0.15) is 0 Å². The van der Waals surface area contributed by atoms with Crippen LogP contribution in [0.2, 0.25) is 0 Å². The number of nitrogens with one attached hydrogen (secondary N) is 1. The van der Waals surface area contributed by atoms with Crippen molar-refractivity contribution >= 4 is 11.0 Å². The van der Waals surface area contributed by atoms with Crippen molar-refractivity contribution in [3.05, 3.63) is 30.3 Å². The molecular weight excluding hydrogens is 164 g/mol. The van der Waals surface area contributed by atoms with Crippen molar-refractivity contribution in [2.45, 2.75) is 6.42 Å². The predicted octanol–water partition coefficient (Wildman–Crippen LogP) is 1.59. The summed E-state index contributed by atoms with van der Waals surface area (Å²) in [6.07, 6.45) is 6.34. The molecule has 0 atom stereocenters. The molecule has 2 rings (SSSR count). The molecular formula is C10H12N2O. The topological polar surface area (TPSA) is 38.1 Å². The highest BCUT2D eigenvalue weighted by Gasteiger charge is 2.03. The minimum absolute atomic E-state index is 0.869. The Morgan fingerprint density at radius 2 is 2.46 bits per heavy atom. The fourth-order valence-corrected chi connectivity index (χ4v) is 1.39. The van der Waals surface area contributed by atoms with Crippen LogP contribution in [0.3, 0.4) is 0 Å². The summed E-state index contributed by atoms with van der Waals surface area (Å²) >= 11 is 0. The second-order valence-corrected chi connectivity index (χ2v) is 2.99. The molecule has 0 saturated heterocycles. The number of likely N-dealkylation sites (N-methyl/N-ethyl adjacent to an activating group) is 1. The molecule has 0 unspecified atom stereocenters. The van der Waals surface area contributed by atoms with Crippen molar-refractivity contribution < 1.29 is 4.42 Å². The van der Waals surface area contributed by atoms with E-state index in [1.54, 1.807) is 12.4 Å². The Bertz CT molecular complexity index is 394. The molecule has 0 saturated carbocycles. The molecule has 0 spiro atoms. The Balaban J connectivity index is 2.35. The first kappa shape index (κ1) is 8.26. The van der Waals surface area contributed by atoms with Crippen LogP contribution in [0, 0.1) is 0 Å². The van der Waals surface area contributed by atoms with E-state index in [0.717, 1.165) is 18.5 Å². The van der Waals surface area contributed by atoms with E-state index in [1.807, 2.05) is 19.4 Å². The van der Waals surface area contributed by atoms with E-state index in [9.17, 15) is 0 Å². The molecule has 2 heterocycles. The van der Waals surface area contributed by atoms with Crippen LogP contribution in [-0.4, -0.2) is 18.6 Å². The van der Waals surface area contributed by atoms with Gasteiger partial charge in [0, 0.05) is 11.6 Å². The van der Waals surface area contributed by atoms with Crippen molar-refractivity contribution in [1.29, 1.82) is 0 Å². The molecule has 0 amide bonds. The standard InChI is InChI=1S/C10H12N2O/c1-11-4-2-8-7-13-10-6-12-5-3-9(8)10/h3,5-7,11H,2,4H2,1H3. The van der Waals surface area contributed by atoms with Crippen LogP contribution in [0.25, 0.3) is 11.0 Å². The number of hydrogen-bond acceptors (Lipinski definition) is 3. The van der Waals surface area contributed by atoms with E-state index in [0.29, 0.717) is 0 Å². The third kappa shape index (κ3) is 1.55. The van der Waals surface area contributed by atoms with Crippen LogP contribution in [-0.2, 0) is 6.42 Å². The molecule has 0 bridgehead atoms. The second-order valence-electron chi connectivity index (χ2n) is 2.99. The van der Waals surface area contributed by atoms with Gasteiger partial charge in [0.2, 0.25) is 0 Å². The maximum atomic E-state index is 5.36. The molecule has 0 aliphatic rings. The molecule has 3 nitrogen and oxygen atoms in total. The van der Waals surface area contributed by atoms with Crippen molar-refractivity contribution in [2.75, 3.05) is 13.6 Å². The van der Waals surface area contributed by atoms with Crippen molar-refractivity contribution in [3.63, 3.8) is 0 Å². The van der Waals surface area contributed by atoms with Crippen LogP contribution in [0.15, 0.2) is 29.1 Å². The van der Waals surface area contributed by atoms with Gasteiger partial charge in [-0.15, -0.1) is 0 Å². The van der Waals surface area contributed by atoms with Crippen LogP contribution >= 0.6 is 0 Å². The van der Waals surface area contributed by atoms with Gasteiger partial charge in [-0.1, -0.05) is 0 Å². The first-order valence-corrected chi connectivity index (χ1v) is 4.36.